The average molecular weight is 280 g/mol. The Kier molecular flexibility index (Phi) is 3.18. The maximum Gasteiger partial charge on any atom is 0.335 e. The molecule has 0 heterocycles. The molecule has 0 radical (unpaired) electrons. The molecule has 0 aliphatic rings. The summed E-state index contributed by atoms with van der Waals surface area (Å²) in [5.74, 6) is -1.26. The molecule has 0 amide bonds. The first-order chi connectivity index (χ1) is 10.1. The van der Waals surface area contributed by atoms with Gasteiger partial charge in [-0.15, -0.1) is 0 Å². The molecular formula is C18H13FO2. The van der Waals surface area contributed by atoms with Crippen molar-refractivity contribution in [3.05, 3.63) is 71.5 Å². The van der Waals surface area contributed by atoms with E-state index in [-0.39, 0.29) is 11.4 Å². The van der Waals surface area contributed by atoms with E-state index in [0.717, 1.165) is 10.8 Å². The van der Waals surface area contributed by atoms with Crippen LogP contribution in [0.2, 0.25) is 0 Å². The van der Waals surface area contributed by atoms with Crippen LogP contribution in [0.4, 0.5) is 4.39 Å². The van der Waals surface area contributed by atoms with Gasteiger partial charge in [-0.25, -0.2) is 9.18 Å². The number of aryl methyl sites for hydroxylation is 1. The lowest BCUT2D eigenvalue weighted by atomic mass is 9.95. The first-order valence-corrected chi connectivity index (χ1v) is 6.59. The molecule has 0 aromatic heterocycles. The molecule has 2 nitrogen and oxygen atoms in total. The maximum atomic E-state index is 14.4. The summed E-state index contributed by atoms with van der Waals surface area (Å²) in [6.45, 7) is 1.71. The number of carboxylic acid groups (broad SMARTS) is 1. The van der Waals surface area contributed by atoms with Gasteiger partial charge >= 0.3 is 5.97 Å². The lowest BCUT2D eigenvalue weighted by Gasteiger charge is -2.10. The van der Waals surface area contributed by atoms with Crippen molar-refractivity contribution in [1.82, 2.24) is 0 Å². The van der Waals surface area contributed by atoms with Gasteiger partial charge in [-0.05, 0) is 41.0 Å². The van der Waals surface area contributed by atoms with Gasteiger partial charge in [-0.3, -0.25) is 0 Å². The van der Waals surface area contributed by atoms with Gasteiger partial charge < -0.3 is 5.11 Å². The van der Waals surface area contributed by atoms with Gasteiger partial charge in [0.2, 0.25) is 0 Å². The lowest BCUT2D eigenvalue weighted by molar-refractivity contribution is 0.0697. The van der Waals surface area contributed by atoms with Gasteiger partial charge in [-0.2, -0.15) is 0 Å². The Morgan fingerprint density at radius 3 is 2.48 bits per heavy atom. The molecule has 3 aromatic rings. The highest BCUT2D eigenvalue weighted by atomic mass is 19.1. The Bertz CT molecular complexity index is 853. The van der Waals surface area contributed by atoms with Crippen LogP contribution < -0.4 is 0 Å². The zero-order chi connectivity index (χ0) is 15.0. The van der Waals surface area contributed by atoms with Gasteiger partial charge in [0, 0.05) is 5.56 Å². The number of hydrogen-bond donors (Lipinski definition) is 1. The van der Waals surface area contributed by atoms with E-state index in [9.17, 15) is 9.18 Å². The smallest absolute Gasteiger partial charge is 0.335 e. The standard InChI is InChI=1S/C18H13FO2/c1-11-4-2-7-15(17(11)19)14-6-3-5-12-8-9-13(18(20)21)10-16(12)14/h2-10H,1H3,(H,20,21). The summed E-state index contributed by atoms with van der Waals surface area (Å²) in [5.41, 5.74) is 1.96. The van der Waals surface area contributed by atoms with E-state index in [0.29, 0.717) is 16.7 Å². The highest BCUT2D eigenvalue weighted by molar-refractivity contribution is 6.01. The average Bonchev–Trinajstić information content (AvgIpc) is 2.49. The molecule has 0 unspecified atom stereocenters. The Hall–Kier alpha value is -2.68. The number of benzene rings is 3. The van der Waals surface area contributed by atoms with Gasteiger partial charge in [0.1, 0.15) is 5.82 Å². The Morgan fingerprint density at radius 1 is 1.00 bits per heavy atom. The molecular weight excluding hydrogens is 267 g/mol. The van der Waals surface area contributed by atoms with Crippen LogP contribution >= 0.6 is 0 Å². The van der Waals surface area contributed by atoms with Crippen molar-refractivity contribution in [3.63, 3.8) is 0 Å². The third kappa shape index (κ3) is 2.27. The topological polar surface area (TPSA) is 37.3 Å². The molecule has 3 heteroatoms. The van der Waals surface area contributed by atoms with Gasteiger partial charge in [0.25, 0.3) is 0 Å². The third-order valence-electron chi connectivity index (χ3n) is 3.61. The van der Waals surface area contributed by atoms with E-state index < -0.39 is 5.97 Å². The van der Waals surface area contributed by atoms with Gasteiger partial charge in [0.05, 0.1) is 5.56 Å². The van der Waals surface area contributed by atoms with Crippen molar-refractivity contribution in [2.24, 2.45) is 0 Å². The largest absolute Gasteiger partial charge is 0.478 e. The summed E-state index contributed by atoms with van der Waals surface area (Å²) in [6.07, 6.45) is 0. The lowest BCUT2D eigenvalue weighted by Crippen LogP contribution is -1.96. The minimum Gasteiger partial charge on any atom is -0.478 e. The van der Waals surface area contributed by atoms with Crippen LogP contribution in [0.3, 0.4) is 0 Å². The van der Waals surface area contributed by atoms with E-state index in [1.165, 1.54) is 0 Å². The van der Waals surface area contributed by atoms with Crippen molar-refractivity contribution in [2.75, 3.05) is 0 Å². The van der Waals surface area contributed by atoms with Crippen LogP contribution in [0.25, 0.3) is 21.9 Å². The Morgan fingerprint density at radius 2 is 1.71 bits per heavy atom. The molecule has 0 spiro atoms. The zero-order valence-electron chi connectivity index (χ0n) is 11.4. The second kappa shape index (κ2) is 5.02. The highest BCUT2D eigenvalue weighted by Gasteiger charge is 2.12. The van der Waals surface area contributed by atoms with E-state index in [2.05, 4.69) is 0 Å². The molecule has 0 saturated carbocycles. The quantitative estimate of drug-likeness (QED) is 0.741. The number of rotatable bonds is 2. The molecule has 0 saturated heterocycles. The molecule has 0 aliphatic heterocycles. The van der Waals surface area contributed by atoms with Crippen LogP contribution in [0.5, 0.6) is 0 Å². The molecule has 3 rings (SSSR count). The van der Waals surface area contributed by atoms with Crippen molar-refractivity contribution in [3.8, 4) is 11.1 Å². The van der Waals surface area contributed by atoms with Crippen LogP contribution in [-0.2, 0) is 0 Å². The SMILES string of the molecule is Cc1cccc(-c2cccc3ccc(C(=O)O)cc23)c1F. The van der Waals surface area contributed by atoms with Crippen molar-refractivity contribution < 1.29 is 14.3 Å². The number of carbonyl (C=O) groups is 1. The minimum absolute atomic E-state index is 0.197. The molecule has 0 fully saturated rings. The van der Waals surface area contributed by atoms with E-state index in [4.69, 9.17) is 5.11 Å². The normalized spacial score (nSPS) is 10.8. The number of fused-ring (bicyclic) bond motifs is 1. The zero-order valence-corrected chi connectivity index (χ0v) is 11.4. The summed E-state index contributed by atoms with van der Waals surface area (Å²) in [5, 5.41) is 10.8. The van der Waals surface area contributed by atoms with Crippen molar-refractivity contribution >= 4 is 16.7 Å². The molecule has 21 heavy (non-hydrogen) atoms. The summed E-state index contributed by atoms with van der Waals surface area (Å²) in [4.78, 5) is 11.1. The monoisotopic (exact) mass is 280 g/mol. The summed E-state index contributed by atoms with van der Waals surface area (Å²) in [6, 6.07) is 15.7. The summed E-state index contributed by atoms with van der Waals surface area (Å²) >= 11 is 0. The molecule has 0 aliphatic carbocycles. The molecule has 0 atom stereocenters. The second-order valence-corrected chi connectivity index (χ2v) is 4.98. The maximum absolute atomic E-state index is 14.4. The van der Waals surface area contributed by atoms with E-state index in [1.807, 2.05) is 18.2 Å². The van der Waals surface area contributed by atoms with E-state index in [1.54, 1.807) is 43.3 Å². The predicted molar refractivity (Wildman–Crippen MR) is 81.0 cm³/mol. The van der Waals surface area contributed by atoms with Gasteiger partial charge in [-0.1, -0.05) is 42.5 Å². The Balaban J connectivity index is 2.34. The van der Waals surface area contributed by atoms with Crippen molar-refractivity contribution in [1.29, 1.82) is 0 Å². The summed E-state index contributed by atoms with van der Waals surface area (Å²) in [7, 11) is 0. The Labute approximate surface area is 121 Å². The molecule has 104 valence electrons. The highest BCUT2D eigenvalue weighted by Crippen LogP contribution is 2.32. The fourth-order valence-corrected chi connectivity index (χ4v) is 2.50. The van der Waals surface area contributed by atoms with Crippen LogP contribution in [0, 0.1) is 12.7 Å². The fraction of sp³-hybridized carbons (Fsp3) is 0.0556. The van der Waals surface area contributed by atoms with E-state index >= 15 is 0 Å². The first kappa shape index (κ1) is 13.3. The third-order valence-corrected chi connectivity index (χ3v) is 3.61. The molecule has 3 aromatic carbocycles. The predicted octanol–water partition coefficient (Wildman–Crippen LogP) is 4.65. The number of aromatic carboxylic acids is 1. The first-order valence-electron chi connectivity index (χ1n) is 6.59. The van der Waals surface area contributed by atoms with Crippen LogP contribution in [-0.4, -0.2) is 11.1 Å². The second-order valence-electron chi connectivity index (χ2n) is 4.98. The number of halogens is 1. The van der Waals surface area contributed by atoms with Crippen molar-refractivity contribution in [2.45, 2.75) is 6.92 Å². The number of hydrogen-bond acceptors (Lipinski definition) is 1. The van der Waals surface area contributed by atoms with Gasteiger partial charge in [0.15, 0.2) is 0 Å². The number of carboxylic acids is 1. The minimum atomic E-state index is -0.989. The molecule has 1 N–H and O–H groups in total. The van der Waals surface area contributed by atoms with Crippen LogP contribution in [0.1, 0.15) is 15.9 Å². The summed E-state index contributed by atoms with van der Waals surface area (Å²) < 4.78 is 14.4. The van der Waals surface area contributed by atoms with Crippen LogP contribution in [0.15, 0.2) is 54.6 Å². The molecule has 0 bridgehead atoms. The fourth-order valence-electron chi connectivity index (χ4n) is 2.50.